The summed E-state index contributed by atoms with van der Waals surface area (Å²) in [5, 5.41) is 2.89. The van der Waals surface area contributed by atoms with Crippen LogP contribution in [0.1, 0.15) is 27.5 Å². The average molecular weight is 357 g/mol. The molecule has 0 aliphatic heterocycles. The van der Waals surface area contributed by atoms with Gasteiger partial charge in [0.2, 0.25) is 5.91 Å². The summed E-state index contributed by atoms with van der Waals surface area (Å²) < 4.78 is 13.1. The van der Waals surface area contributed by atoms with Gasteiger partial charge in [0, 0.05) is 26.2 Å². The number of nitrogens with one attached hydrogen (secondary N) is 1. The zero-order valence-electron chi connectivity index (χ0n) is 15.5. The molecule has 0 bridgehead atoms. The molecule has 0 aliphatic rings. The number of hydrogen-bond donors (Lipinski definition) is 1. The zero-order valence-corrected chi connectivity index (χ0v) is 15.5. The van der Waals surface area contributed by atoms with Crippen molar-refractivity contribution < 1.29 is 14.0 Å². The number of carbonyl (C=O) groups excluding carboxylic acids is 2. The van der Waals surface area contributed by atoms with Crippen LogP contribution < -0.4 is 5.32 Å². The molecule has 2 amide bonds. The fourth-order valence-electron chi connectivity index (χ4n) is 2.69. The van der Waals surface area contributed by atoms with Gasteiger partial charge in [0.05, 0.1) is 0 Å². The lowest BCUT2D eigenvalue weighted by Gasteiger charge is -2.24. The van der Waals surface area contributed by atoms with Crippen LogP contribution in [0.4, 0.5) is 4.39 Å². The van der Waals surface area contributed by atoms with Crippen molar-refractivity contribution in [3.63, 3.8) is 0 Å². The molecule has 6 heteroatoms. The first-order valence-corrected chi connectivity index (χ1v) is 8.30. The van der Waals surface area contributed by atoms with Crippen LogP contribution in [0, 0.1) is 5.82 Å². The molecule has 1 atom stereocenters. The van der Waals surface area contributed by atoms with Gasteiger partial charge in [-0.25, -0.2) is 4.39 Å². The summed E-state index contributed by atoms with van der Waals surface area (Å²) in [5.74, 6) is -0.615. The predicted octanol–water partition coefficient (Wildman–Crippen LogP) is 2.45. The zero-order chi connectivity index (χ0) is 19.3. The van der Waals surface area contributed by atoms with Gasteiger partial charge in [0.15, 0.2) is 0 Å². The van der Waals surface area contributed by atoms with E-state index in [9.17, 15) is 14.0 Å². The summed E-state index contributed by atoms with van der Waals surface area (Å²) in [6.07, 6.45) is 0. The molecule has 5 nitrogen and oxygen atoms in total. The molecule has 0 aliphatic carbocycles. The van der Waals surface area contributed by atoms with Crippen LogP contribution in [0.25, 0.3) is 0 Å². The van der Waals surface area contributed by atoms with E-state index in [-0.39, 0.29) is 17.6 Å². The van der Waals surface area contributed by atoms with E-state index in [0.717, 1.165) is 5.56 Å². The molecule has 2 rings (SSSR count). The third kappa shape index (κ3) is 4.89. The monoisotopic (exact) mass is 357 g/mol. The molecule has 0 aromatic heterocycles. The maximum Gasteiger partial charge on any atom is 0.253 e. The summed E-state index contributed by atoms with van der Waals surface area (Å²) >= 11 is 0. The van der Waals surface area contributed by atoms with Gasteiger partial charge in [0.1, 0.15) is 11.9 Å². The molecule has 2 aromatic rings. The number of halogens is 1. The van der Waals surface area contributed by atoms with Crippen molar-refractivity contribution in [2.75, 3.05) is 28.2 Å². The second-order valence-electron chi connectivity index (χ2n) is 6.54. The Balaban J connectivity index is 2.10. The van der Waals surface area contributed by atoms with E-state index >= 15 is 0 Å². The molecule has 0 heterocycles. The molecule has 2 aromatic carbocycles. The Morgan fingerprint density at radius 2 is 1.69 bits per heavy atom. The Kier molecular flexibility index (Phi) is 6.46. The van der Waals surface area contributed by atoms with Crippen LogP contribution in [0.3, 0.4) is 0 Å². The summed E-state index contributed by atoms with van der Waals surface area (Å²) in [6, 6.07) is 12.5. The number of nitrogens with zero attached hydrogens (tertiary/aromatic N) is 2. The smallest absolute Gasteiger partial charge is 0.253 e. The van der Waals surface area contributed by atoms with Crippen molar-refractivity contribution in [2.45, 2.75) is 12.6 Å². The molecule has 0 spiro atoms. The fourth-order valence-corrected chi connectivity index (χ4v) is 2.69. The van der Waals surface area contributed by atoms with E-state index in [1.165, 1.54) is 17.0 Å². The first-order valence-electron chi connectivity index (χ1n) is 8.30. The lowest BCUT2D eigenvalue weighted by Crippen LogP contribution is -2.36. The predicted molar refractivity (Wildman–Crippen MR) is 99.1 cm³/mol. The first kappa shape index (κ1) is 19.6. The van der Waals surface area contributed by atoms with Crippen molar-refractivity contribution in [3.8, 4) is 0 Å². The van der Waals surface area contributed by atoms with Gasteiger partial charge in [-0.15, -0.1) is 0 Å². The number of rotatable bonds is 6. The van der Waals surface area contributed by atoms with Crippen molar-refractivity contribution in [1.82, 2.24) is 15.1 Å². The van der Waals surface area contributed by atoms with E-state index < -0.39 is 6.04 Å². The van der Waals surface area contributed by atoms with Crippen molar-refractivity contribution in [3.05, 3.63) is 71.0 Å². The van der Waals surface area contributed by atoms with Crippen LogP contribution in [0.15, 0.2) is 48.5 Å². The Morgan fingerprint density at radius 1 is 1.04 bits per heavy atom. The minimum absolute atomic E-state index is 0.0874. The van der Waals surface area contributed by atoms with Crippen LogP contribution in [0.2, 0.25) is 0 Å². The summed E-state index contributed by atoms with van der Waals surface area (Å²) in [5.41, 5.74) is 2.12. The van der Waals surface area contributed by atoms with Gasteiger partial charge in [-0.05, 0) is 49.5 Å². The van der Waals surface area contributed by atoms with Gasteiger partial charge < -0.3 is 10.2 Å². The van der Waals surface area contributed by atoms with Gasteiger partial charge in [-0.3, -0.25) is 14.5 Å². The third-order valence-corrected chi connectivity index (χ3v) is 4.00. The largest absolute Gasteiger partial charge is 0.350 e. The normalized spacial score (nSPS) is 11.9. The molecular weight excluding hydrogens is 333 g/mol. The van der Waals surface area contributed by atoms with Crippen LogP contribution in [-0.4, -0.2) is 49.8 Å². The van der Waals surface area contributed by atoms with E-state index in [4.69, 9.17) is 0 Å². The van der Waals surface area contributed by atoms with Crippen molar-refractivity contribution in [2.24, 2.45) is 0 Å². The quantitative estimate of drug-likeness (QED) is 0.864. The van der Waals surface area contributed by atoms with Crippen LogP contribution >= 0.6 is 0 Å². The molecule has 0 saturated carbocycles. The number of likely N-dealkylation sites (N-methyl/N-ethyl adjacent to an activating group) is 1. The second kappa shape index (κ2) is 8.58. The Morgan fingerprint density at radius 3 is 2.27 bits per heavy atom. The van der Waals surface area contributed by atoms with Crippen LogP contribution in [0.5, 0.6) is 0 Å². The SMILES string of the molecule is CN(C)C(=O)c1cccc(CNC(=O)[C@@H](c2ccc(F)cc2)N(C)C)c1. The number of carbonyl (C=O) groups is 2. The molecule has 138 valence electrons. The Labute approximate surface area is 153 Å². The molecule has 0 fully saturated rings. The highest BCUT2D eigenvalue weighted by atomic mass is 19.1. The maximum atomic E-state index is 13.1. The van der Waals surface area contributed by atoms with Gasteiger partial charge >= 0.3 is 0 Å². The Bertz CT molecular complexity index is 773. The maximum absolute atomic E-state index is 13.1. The third-order valence-electron chi connectivity index (χ3n) is 4.00. The number of amides is 2. The Hall–Kier alpha value is -2.73. The van der Waals surface area contributed by atoms with E-state index in [1.54, 1.807) is 63.4 Å². The topological polar surface area (TPSA) is 52.7 Å². The highest BCUT2D eigenvalue weighted by Gasteiger charge is 2.22. The molecular formula is C20H24FN3O2. The van der Waals surface area contributed by atoms with E-state index in [0.29, 0.717) is 17.7 Å². The second-order valence-corrected chi connectivity index (χ2v) is 6.54. The lowest BCUT2D eigenvalue weighted by atomic mass is 10.0. The van der Waals surface area contributed by atoms with E-state index in [1.807, 2.05) is 6.07 Å². The minimum Gasteiger partial charge on any atom is -0.350 e. The first-order chi connectivity index (χ1) is 12.3. The van der Waals surface area contributed by atoms with Gasteiger partial charge in [-0.1, -0.05) is 24.3 Å². The van der Waals surface area contributed by atoms with Crippen LogP contribution in [-0.2, 0) is 11.3 Å². The minimum atomic E-state index is -0.526. The molecule has 0 radical (unpaired) electrons. The number of benzene rings is 2. The fraction of sp³-hybridized carbons (Fsp3) is 0.300. The van der Waals surface area contributed by atoms with Gasteiger partial charge in [-0.2, -0.15) is 0 Å². The molecule has 0 saturated heterocycles. The molecule has 26 heavy (non-hydrogen) atoms. The summed E-state index contributed by atoms with van der Waals surface area (Å²) in [6.45, 7) is 0.304. The van der Waals surface area contributed by atoms with E-state index in [2.05, 4.69) is 5.32 Å². The lowest BCUT2D eigenvalue weighted by molar-refractivity contribution is -0.125. The van der Waals surface area contributed by atoms with Crippen molar-refractivity contribution in [1.29, 1.82) is 0 Å². The number of hydrogen-bond acceptors (Lipinski definition) is 3. The molecule has 1 N–H and O–H groups in total. The van der Waals surface area contributed by atoms with Crippen molar-refractivity contribution >= 4 is 11.8 Å². The molecule has 0 unspecified atom stereocenters. The summed E-state index contributed by atoms with van der Waals surface area (Å²) in [4.78, 5) is 28.0. The highest BCUT2D eigenvalue weighted by Crippen LogP contribution is 2.19. The average Bonchev–Trinajstić information content (AvgIpc) is 2.61. The summed E-state index contributed by atoms with van der Waals surface area (Å²) in [7, 11) is 6.98. The van der Waals surface area contributed by atoms with Gasteiger partial charge in [0.25, 0.3) is 5.91 Å². The highest BCUT2D eigenvalue weighted by molar-refractivity contribution is 5.94. The standard InChI is InChI=1S/C20H24FN3O2/c1-23(2)18(15-8-10-17(21)11-9-15)19(25)22-13-14-6-5-7-16(12-14)20(26)24(3)4/h5-12,18H,13H2,1-4H3,(H,22,25)/t18-/m1/s1.